The molecule has 0 atom stereocenters. The summed E-state index contributed by atoms with van der Waals surface area (Å²) in [6.07, 6.45) is -1.53. The third-order valence-electron chi connectivity index (χ3n) is 4.00. The van der Waals surface area contributed by atoms with E-state index in [1.807, 2.05) is 0 Å². The van der Waals surface area contributed by atoms with E-state index >= 15 is 0 Å². The number of aromatic nitrogens is 2. The molecular weight excluding hydrogens is 407 g/mol. The molecule has 152 valence electrons. The lowest BCUT2D eigenvalue weighted by molar-refractivity contribution is -0.137. The quantitative estimate of drug-likeness (QED) is 0.655. The summed E-state index contributed by atoms with van der Waals surface area (Å²) in [6.45, 7) is -0.195. The molecule has 0 fully saturated rings. The lowest BCUT2D eigenvalue weighted by Gasteiger charge is -2.11. The highest BCUT2D eigenvalue weighted by Gasteiger charge is 2.31. The molecule has 0 bridgehead atoms. The van der Waals surface area contributed by atoms with E-state index < -0.39 is 26.7 Å². The minimum absolute atomic E-state index is 0.195. The van der Waals surface area contributed by atoms with Gasteiger partial charge in [-0.15, -0.1) is 0 Å². The molecule has 2 aromatic heterocycles. The summed E-state index contributed by atoms with van der Waals surface area (Å²) in [5.41, 5.74) is 0.562. The van der Waals surface area contributed by atoms with Gasteiger partial charge < -0.3 is 4.74 Å². The Hall–Kier alpha value is -2.98. The molecule has 10 heteroatoms. The van der Waals surface area contributed by atoms with Crippen molar-refractivity contribution in [3.05, 3.63) is 72.2 Å². The van der Waals surface area contributed by atoms with E-state index in [2.05, 4.69) is 14.7 Å². The van der Waals surface area contributed by atoms with Crippen LogP contribution in [0.2, 0.25) is 0 Å². The number of nitrogens with zero attached hydrogens (tertiary/aromatic N) is 2. The van der Waals surface area contributed by atoms with Crippen LogP contribution < -0.4 is 9.46 Å². The minimum atomic E-state index is -4.63. The smallest absolute Gasteiger partial charge is 0.416 e. The van der Waals surface area contributed by atoms with Crippen molar-refractivity contribution in [2.24, 2.45) is 0 Å². The van der Waals surface area contributed by atoms with Crippen LogP contribution in [0.5, 0.6) is 5.75 Å². The fourth-order valence-electron chi connectivity index (χ4n) is 2.57. The first kappa shape index (κ1) is 20.7. The normalized spacial score (nSPS) is 12.0. The van der Waals surface area contributed by atoms with Crippen molar-refractivity contribution in [1.29, 1.82) is 0 Å². The number of ether oxygens (including phenoxy) is 1. The van der Waals surface area contributed by atoms with Gasteiger partial charge in [0.25, 0.3) is 0 Å². The number of hydrogen-bond donors (Lipinski definition) is 1. The molecule has 0 radical (unpaired) electrons. The number of rotatable bonds is 6. The summed E-state index contributed by atoms with van der Waals surface area (Å²) in [7, 11) is -2.66. The Kier molecular flexibility index (Phi) is 5.85. The Bertz CT molecular complexity index is 1120. The van der Waals surface area contributed by atoms with Gasteiger partial charge in [0.2, 0.25) is 10.0 Å². The largest absolute Gasteiger partial charge is 0.494 e. The second-order valence-corrected chi connectivity index (χ2v) is 7.71. The molecule has 0 aliphatic rings. The van der Waals surface area contributed by atoms with Crippen molar-refractivity contribution >= 4 is 10.0 Å². The van der Waals surface area contributed by atoms with E-state index in [0.717, 1.165) is 18.2 Å². The van der Waals surface area contributed by atoms with E-state index in [-0.39, 0.29) is 6.54 Å². The van der Waals surface area contributed by atoms with Crippen LogP contribution >= 0.6 is 0 Å². The van der Waals surface area contributed by atoms with Crippen LogP contribution in [0.15, 0.2) is 65.8 Å². The molecule has 6 nitrogen and oxygen atoms in total. The SMILES string of the molecule is COc1cnccc1-c1cccc(CNS(=O)(=O)c2cccc(C(F)(F)F)c2)n1. The van der Waals surface area contributed by atoms with E-state index in [9.17, 15) is 21.6 Å². The maximum absolute atomic E-state index is 12.8. The van der Waals surface area contributed by atoms with Gasteiger partial charge in [-0.3, -0.25) is 9.97 Å². The Morgan fingerprint density at radius 2 is 1.86 bits per heavy atom. The zero-order valence-electron chi connectivity index (χ0n) is 15.1. The zero-order valence-corrected chi connectivity index (χ0v) is 16.0. The van der Waals surface area contributed by atoms with Crippen LogP contribution in [0.4, 0.5) is 13.2 Å². The molecule has 3 aromatic rings. The molecule has 0 amide bonds. The highest BCUT2D eigenvalue weighted by Crippen LogP contribution is 2.30. The first-order valence-electron chi connectivity index (χ1n) is 8.32. The Morgan fingerprint density at radius 1 is 1.10 bits per heavy atom. The summed E-state index contributed by atoms with van der Waals surface area (Å²) in [5, 5.41) is 0. The third-order valence-corrected chi connectivity index (χ3v) is 5.40. The van der Waals surface area contributed by atoms with Crippen LogP contribution in [-0.4, -0.2) is 25.5 Å². The molecule has 1 N–H and O–H groups in total. The first-order valence-corrected chi connectivity index (χ1v) is 9.80. The predicted molar refractivity (Wildman–Crippen MR) is 99.5 cm³/mol. The maximum atomic E-state index is 12.8. The van der Waals surface area contributed by atoms with Gasteiger partial charge in [-0.2, -0.15) is 13.2 Å². The van der Waals surface area contributed by atoms with Crippen LogP contribution in [0, 0.1) is 0 Å². The average molecular weight is 423 g/mol. The fourth-order valence-corrected chi connectivity index (χ4v) is 3.62. The Morgan fingerprint density at radius 3 is 2.59 bits per heavy atom. The van der Waals surface area contributed by atoms with Gasteiger partial charge >= 0.3 is 6.18 Å². The molecule has 2 heterocycles. The monoisotopic (exact) mass is 423 g/mol. The van der Waals surface area contributed by atoms with Gasteiger partial charge in [-0.25, -0.2) is 13.1 Å². The van der Waals surface area contributed by atoms with Gasteiger partial charge in [0, 0.05) is 11.8 Å². The number of alkyl halides is 3. The van der Waals surface area contributed by atoms with Gasteiger partial charge in [-0.05, 0) is 36.4 Å². The van der Waals surface area contributed by atoms with E-state index in [4.69, 9.17) is 4.74 Å². The third kappa shape index (κ3) is 4.90. The van der Waals surface area contributed by atoms with Gasteiger partial charge in [0.05, 0.1) is 41.7 Å². The first-order chi connectivity index (χ1) is 13.7. The summed E-state index contributed by atoms with van der Waals surface area (Å²) in [6, 6.07) is 10.3. The number of nitrogens with one attached hydrogen (secondary N) is 1. The predicted octanol–water partition coefficient (Wildman–Crippen LogP) is 3.65. The number of benzene rings is 1. The number of methoxy groups -OCH3 is 1. The van der Waals surface area contributed by atoms with Gasteiger partial charge in [-0.1, -0.05) is 12.1 Å². The van der Waals surface area contributed by atoms with Crippen molar-refractivity contribution < 1.29 is 26.3 Å². The van der Waals surface area contributed by atoms with Gasteiger partial charge in [0.1, 0.15) is 5.75 Å². The van der Waals surface area contributed by atoms with Crippen molar-refractivity contribution in [1.82, 2.24) is 14.7 Å². The van der Waals surface area contributed by atoms with Crippen molar-refractivity contribution in [2.45, 2.75) is 17.6 Å². The molecule has 0 unspecified atom stereocenters. The molecule has 0 aliphatic carbocycles. The van der Waals surface area contributed by atoms with Crippen molar-refractivity contribution in [3.8, 4) is 17.0 Å². The topological polar surface area (TPSA) is 81.2 Å². The average Bonchev–Trinajstić information content (AvgIpc) is 2.72. The molecule has 1 aromatic carbocycles. The summed E-state index contributed by atoms with van der Waals surface area (Å²) >= 11 is 0. The molecular formula is C19H16F3N3O3S. The van der Waals surface area contributed by atoms with Crippen LogP contribution in [-0.2, 0) is 22.7 Å². The molecule has 0 spiro atoms. The number of hydrogen-bond acceptors (Lipinski definition) is 5. The number of pyridine rings is 2. The standard InChI is InChI=1S/C19H16F3N3O3S/c1-28-18-12-23-9-8-16(18)17-7-3-5-14(25-17)11-24-29(26,27)15-6-2-4-13(10-15)19(20,21)22/h2-10,12,24H,11H2,1H3. The highest BCUT2D eigenvalue weighted by molar-refractivity contribution is 7.89. The van der Waals surface area contributed by atoms with E-state index in [1.165, 1.54) is 13.3 Å². The fraction of sp³-hybridized carbons (Fsp3) is 0.158. The number of sulfonamides is 1. The second kappa shape index (κ2) is 8.18. The number of halogens is 3. The van der Waals surface area contributed by atoms with Gasteiger partial charge in [0.15, 0.2) is 0 Å². The lowest BCUT2D eigenvalue weighted by atomic mass is 10.1. The molecule has 0 aliphatic heterocycles. The minimum Gasteiger partial charge on any atom is -0.494 e. The zero-order chi connectivity index (χ0) is 21.1. The Labute approximate surface area is 165 Å². The maximum Gasteiger partial charge on any atom is 0.416 e. The van der Waals surface area contributed by atoms with Crippen LogP contribution in [0.25, 0.3) is 11.3 Å². The van der Waals surface area contributed by atoms with Crippen LogP contribution in [0.3, 0.4) is 0 Å². The molecule has 0 saturated heterocycles. The summed E-state index contributed by atoms with van der Waals surface area (Å²) in [5.74, 6) is 0.502. The second-order valence-electron chi connectivity index (χ2n) is 5.94. The van der Waals surface area contributed by atoms with E-state index in [1.54, 1.807) is 30.5 Å². The van der Waals surface area contributed by atoms with Crippen molar-refractivity contribution in [3.63, 3.8) is 0 Å². The highest BCUT2D eigenvalue weighted by atomic mass is 32.2. The lowest BCUT2D eigenvalue weighted by Crippen LogP contribution is -2.24. The summed E-state index contributed by atoms with van der Waals surface area (Å²) in [4.78, 5) is 7.88. The van der Waals surface area contributed by atoms with Crippen molar-refractivity contribution in [2.75, 3.05) is 7.11 Å². The summed E-state index contributed by atoms with van der Waals surface area (Å²) < 4.78 is 70.8. The van der Waals surface area contributed by atoms with E-state index in [0.29, 0.717) is 28.8 Å². The van der Waals surface area contributed by atoms with Crippen LogP contribution in [0.1, 0.15) is 11.3 Å². The molecule has 0 saturated carbocycles. The Balaban J connectivity index is 1.81. The molecule has 3 rings (SSSR count). The molecule has 29 heavy (non-hydrogen) atoms.